The van der Waals surface area contributed by atoms with Crippen molar-refractivity contribution in [3.8, 4) is 43.5 Å². The van der Waals surface area contributed by atoms with Crippen LogP contribution >= 0.6 is 22.7 Å². The Morgan fingerprint density at radius 3 is 1.52 bits per heavy atom. The van der Waals surface area contributed by atoms with E-state index in [1.54, 1.807) is 22.7 Å². The van der Waals surface area contributed by atoms with E-state index < -0.39 is 0 Å². The smallest absolute Gasteiger partial charge is 0.124 e. The van der Waals surface area contributed by atoms with Crippen molar-refractivity contribution in [3.63, 3.8) is 0 Å². The first-order valence-corrected chi connectivity index (χ1v) is 16.2. The fourth-order valence-electron chi connectivity index (χ4n) is 5.98. The van der Waals surface area contributed by atoms with Crippen LogP contribution in [0.3, 0.4) is 0 Å². The number of hydrogen-bond donors (Lipinski definition) is 0. The van der Waals surface area contributed by atoms with E-state index in [1.807, 2.05) is 12.1 Å². The minimum Gasteiger partial charge on any atom is -0.247 e. The molecule has 0 N–H and O–H groups in total. The van der Waals surface area contributed by atoms with Gasteiger partial charge in [-0.3, -0.25) is 0 Å². The number of benzene rings is 6. The Morgan fingerprint density at radius 1 is 0.341 bits per heavy atom. The summed E-state index contributed by atoms with van der Waals surface area (Å²) in [5.41, 5.74) is 9.61. The number of nitrogens with zero attached hydrogens (tertiary/aromatic N) is 3. The quantitative estimate of drug-likeness (QED) is 0.189. The molecule has 0 unspecified atom stereocenters. The van der Waals surface area contributed by atoms with Gasteiger partial charge in [-0.2, -0.15) is 0 Å². The highest BCUT2D eigenvalue weighted by Gasteiger charge is 2.15. The summed E-state index contributed by atoms with van der Waals surface area (Å²) in [6, 6.07) is 49.2. The molecule has 44 heavy (non-hydrogen) atoms. The van der Waals surface area contributed by atoms with E-state index in [-0.39, 0.29) is 0 Å². The summed E-state index contributed by atoms with van der Waals surface area (Å²) in [7, 11) is 0. The average Bonchev–Trinajstić information content (AvgIpc) is 3.73. The molecular weight excluding hydrogens is 575 g/mol. The molecule has 0 fully saturated rings. The molecule has 0 atom stereocenters. The first-order chi connectivity index (χ1) is 21.8. The second kappa shape index (κ2) is 10.2. The lowest BCUT2D eigenvalue weighted by Crippen LogP contribution is -1.92. The molecule has 0 amide bonds. The summed E-state index contributed by atoms with van der Waals surface area (Å²) in [6.07, 6.45) is 0. The lowest BCUT2D eigenvalue weighted by Gasteiger charge is -2.13. The van der Waals surface area contributed by atoms with Gasteiger partial charge < -0.3 is 0 Å². The van der Waals surface area contributed by atoms with Crippen molar-refractivity contribution in [2.75, 3.05) is 0 Å². The Kier molecular flexibility index (Phi) is 5.86. The molecule has 206 valence electrons. The van der Waals surface area contributed by atoms with Gasteiger partial charge in [-0.15, -0.1) is 22.7 Å². The Morgan fingerprint density at radius 2 is 0.841 bits per heavy atom. The van der Waals surface area contributed by atoms with Crippen LogP contribution in [0.4, 0.5) is 0 Å². The lowest BCUT2D eigenvalue weighted by atomic mass is 9.95. The van der Waals surface area contributed by atoms with Crippen LogP contribution in [-0.2, 0) is 0 Å². The van der Waals surface area contributed by atoms with E-state index in [4.69, 9.17) is 15.0 Å². The third kappa shape index (κ3) is 4.29. The summed E-state index contributed by atoms with van der Waals surface area (Å²) in [4.78, 5) is 15.1. The standard InChI is InChI=1S/C39H23N3S2/c1-2-11-31-29(9-1)30-10-3-4-12-32(30)40-37(31)27-21-26(22-28(23-27)39-42-34-14-6-8-16-36(34)44-39)24-17-19-25(20-18-24)38-41-33-13-5-7-15-35(33)43-38/h1-23H. The van der Waals surface area contributed by atoms with E-state index in [1.165, 1.54) is 20.2 Å². The molecule has 3 nitrogen and oxygen atoms in total. The van der Waals surface area contributed by atoms with Gasteiger partial charge in [-0.25, -0.2) is 15.0 Å². The molecule has 0 radical (unpaired) electrons. The highest BCUT2D eigenvalue weighted by molar-refractivity contribution is 7.22. The van der Waals surface area contributed by atoms with Gasteiger partial charge >= 0.3 is 0 Å². The van der Waals surface area contributed by atoms with Crippen LogP contribution in [0.5, 0.6) is 0 Å². The maximum Gasteiger partial charge on any atom is 0.124 e. The van der Waals surface area contributed by atoms with Crippen LogP contribution in [0.2, 0.25) is 0 Å². The second-order valence-corrected chi connectivity index (χ2v) is 12.9. The second-order valence-electron chi connectivity index (χ2n) is 10.9. The minimum atomic E-state index is 0.981. The highest BCUT2D eigenvalue weighted by atomic mass is 32.1. The van der Waals surface area contributed by atoms with Gasteiger partial charge in [-0.1, -0.05) is 91.0 Å². The van der Waals surface area contributed by atoms with E-state index in [0.717, 1.165) is 65.5 Å². The van der Waals surface area contributed by atoms with Gasteiger partial charge in [0.15, 0.2) is 0 Å². The van der Waals surface area contributed by atoms with Gasteiger partial charge in [0.25, 0.3) is 0 Å². The number of pyridine rings is 1. The number of para-hydroxylation sites is 3. The number of aromatic nitrogens is 3. The van der Waals surface area contributed by atoms with Crippen molar-refractivity contribution in [1.82, 2.24) is 15.0 Å². The van der Waals surface area contributed by atoms with Crippen LogP contribution < -0.4 is 0 Å². The van der Waals surface area contributed by atoms with Gasteiger partial charge in [-0.05, 0) is 65.0 Å². The maximum atomic E-state index is 5.24. The zero-order chi connectivity index (χ0) is 29.0. The monoisotopic (exact) mass is 597 g/mol. The molecule has 9 aromatic rings. The van der Waals surface area contributed by atoms with Crippen LogP contribution in [0.25, 0.3) is 85.6 Å². The average molecular weight is 598 g/mol. The maximum absolute atomic E-state index is 5.24. The number of fused-ring (bicyclic) bond motifs is 5. The summed E-state index contributed by atoms with van der Waals surface area (Å²) in [5, 5.41) is 5.56. The third-order valence-electron chi connectivity index (χ3n) is 8.12. The van der Waals surface area contributed by atoms with Gasteiger partial charge in [0, 0.05) is 27.5 Å². The summed E-state index contributed by atoms with van der Waals surface area (Å²) >= 11 is 3.46. The van der Waals surface area contributed by atoms with E-state index in [0.29, 0.717) is 0 Å². The number of rotatable bonds is 4. The Balaban J connectivity index is 1.23. The first kappa shape index (κ1) is 25.3. The molecule has 3 heterocycles. The minimum absolute atomic E-state index is 0.981. The molecule has 0 aliphatic heterocycles. The van der Waals surface area contributed by atoms with Crippen molar-refractivity contribution in [3.05, 3.63) is 140 Å². The molecule has 0 bridgehead atoms. The van der Waals surface area contributed by atoms with Crippen molar-refractivity contribution in [2.45, 2.75) is 0 Å². The van der Waals surface area contributed by atoms with E-state index >= 15 is 0 Å². The van der Waals surface area contributed by atoms with Crippen molar-refractivity contribution >= 4 is 64.8 Å². The third-order valence-corrected chi connectivity index (χ3v) is 10.3. The van der Waals surface area contributed by atoms with Crippen LogP contribution in [0.15, 0.2) is 140 Å². The molecule has 0 saturated heterocycles. The highest BCUT2D eigenvalue weighted by Crippen LogP contribution is 2.39. The molecule has 6 aromatic carbocycles. The molecule has 5 heteroatoms. The molecule has 0 spiro atoms. The Bertz CT molecular complexity index is 2440. The van der Waals surface area contributed by atoms with E-state index in [2.05, 4.69) is 127 Å². The summed E-state index contributed by atoms with van der Waals surface area (Å²) in [5.74, 6) is 0. The van der Waals surface area contributed by atoms with Gasteiger partial charge in [0.2, 0.25) is 0 Å². The van der Waals surface area contributed by atoms with Crippen molar-refractivity contribution < 1.29 is 0 Å². The Labute approximate surface area is 261 Å². The fraction of sp³-hybridized carbons (Fsp3) is 0. The van der Waals surface area contributed by atoms with Crippen molar-refractivity contribution in [2.24, 2.45) is 0 Å². The Hall–Kier alpha value is -5.23. The van der Waals surface area contributed by atoms with Crippen LogP contribution in [-0.4, -0.2) is 15.0 Å². The van der Waals surface area contributed by atoms with Gasteiger partial charge in [0.05, 0.1) is 31.6 Å². The summed E-state index contributed by atoms with van der Waals surface area (Å²) in [6.45, 7) is 0. The molecule has 3 aromatic heterocycles. The van der Waals surface area contributed by atoms with Gasteiger partial charge in [0.1, 0.15) is 10.0 Å². The summed E-state index contributed by atoms with van der Waals surface area (Å²) < 4.78 is 2.39. The molecule has 9 rings (SSSR count). The van der Waals surface area contributed by atoms with Crippen LogP contribution in [0.1, 0.15) is 0 Å². The molecular formula is C39H23N3S2. The molecule has 0 aliphatic rings. The topological polar surface area (TPSA) is 38.7 Å². The predicted molar refractivity (Wildman–Crippen MR) is 187 cm³/mol. The zero-order valence-electron chi connectivity index (χ0n) is 23.4. The largest absolute Gasteiger partial charge is 0.247 e. The van der Waals surface area contributed by atoms with Crippen LogP contribution in [0, 0.1) is 0 Å². The SMILES string of the molecule is c1ccc2sc(-c3ccc(-c4cc(-c5nc6ccccc6s5)cc(-c5nc6ccccc6c6ccccc56)c4)cc3)nc2c1. The van der Waals surface area contributed by atoms with E-state index in [9.17, 15) is 0 Å². The van der Waals surface area contributed by atoms with Crippen molar-refractivity contribution in [1.29, 1.82) is 0 Å². The first-order valence-electron chi connectivity index (χ1n) is 14.5. The normalized spacial score (nSPS) is 11.6. The lowest BCUT2D eigenvalue weighted by molar-refractivity contribution is 1.42. The fourth-order valence-corrected chi connectivity index (χ4v) is 7.90. The number of hydrogen-bond acceptors (Lipinski definition) is 5. The molecule has 0 aliphatic carbocycles. The zero-order valence-corrected chi connectivity index (χ0v) is 25.1. The number of thiazole rings is 2. The predicted octanol–water partition coefficient (Wildman–Crippen LogP) is 11.3. The molecule has 0 saturated carbocycles.